The lowest BCUT2D eigenvalue weighted by atomic mass is 9.79. The van der Waals surface area contributed by atoms with Gasteiger partial charge in [0.2, 0.25) is 0 Å². The fourth-order valence-electron chi connectivity index (χ4n) is 4.14. The maximum absolute atomic E-state index is 12.8. The molecule has 0 radical (unpaired) electrons. The molecule has 4 rings (SSSR count). The van der Waals surface area contributed by atoms with E-state index in [2.05, 4.69) is 15.6 Å². The van der Waals surface area contributed by atoms with E-state index in [1.165, 1.54) is 25.6 Å². The van der Waals surface area contributed by atoms with E-state index >= 15 is 0 Å². The molecule has 0 unspecified atom stereocenters. The average Bonchev–Trinajstić information content (AvgIpc) is 3.32. The zero-order valence-corrected chi connectivity index (χ0v) is 22.6. The summed E-state index contributed by atoms with van der Waals surface area (Å²) in [4.78, 5) is 30.3. The molecule has 2 aromatic carbocycles. The van der Waals surface area contributed by atoms with Gasteiger partial charge in [-0.05, 0) is 49.7 Å². The third-order valence-corrected chi connectivity index (χ3v) is 6.51. The number of aromatic hydroxyl groups is 1. The number of para-hydroxylation sites is 1. The van der Waals surface area contributed by atoms with Crippen molar-refractivity contribution < 1.29 is 24.2 Å². The molecule has 0 bridgehead atoms. The van der Waals surface area contributed by atoms with Crippen LogP contribution >= 0.6 is 28.3 Å². The summed E-state index contributed by atoms with van der Waals surface area (Å²) < 4.78 is 10.1. The number of methoxy groups -OCH3 is 2. The number of nitrogens with zero attached hydrogens (tertiary/aromatic N) is 1. The number of carbonyl (C=O) groups is 2. The van der Waals surface area contributed by atoms with Gasteiger partial charge in [0.25, 0.3) is 0 Å². The van der Waals surface area contributed by atoms with Crippen LogP contribution in [-0.4, -0.2) is 36.2 Å². The predicted molar refractivity (Wildman–Crippen MR) is 145 cm³/mol. The van der Waals surface area contributed by atoms with Crippen molar-refractivity contribution in [3.05, 3.63) is 82.0 Å². The van der Waals surface area contributed by atoms with Crippen LogP contribution in [0.4, 0.5) is 10.8 Å². The van der Waals surface area contributed by atoms with Crippen LogP contribution in [0.15, 0.2) is 76.5 Å². The highest BCUT2D eigenvalue weighted by molar-refractivity contribution is 8.93. The number of thiazole rings is 1. The number of rotatable bonds is 6. The number of dihydropyridines is 1. The summed E-state index contributed by atoms with van der Waals surface area (Å²) in [7, 11) is 2.63. The first kappa shape index (κ1) is 27.0. The summed E-state index contributed by atoms with van der Waals surface area (Å²) in [6.45, 7) is 3.55. The van der Waals surface area contributed by atoms with Gasteiger partial charge in [-0.15, -0.1) is 28.3 Å². The lowest BCUT2D eigenvalue weighted by molar-refractivity contribution is -0.137. The minimum absolute atomic E-state index is 0. The predicted octanol–water partition coefficient (Wildman–Crippen LogP) is 5.42. The van der Waals surface area contributed by atoms with Crippen LogP contribution in [0.25, 0.3) is 11.3 Å². The molecule has 188 valence electrons. The molecule has 2 heterocycles. The number of carbonyl (C=O) groups excluding carboxylic acids is 2. The number of aromatic nitrogens is 1. The van der Waals surface area contributed by atoms with E-state index in [1.54, 1.807) is 38.1 Å². The van der Waals surface area contributed by atoms with Crippen LogP contribution in [-0.2, 0) is 19.1 Å². The second kappa shape index (κ2) is 11.4. The van der Waals surface area contributed by atoms with Crippen LogP contribution in [0.1, 0.15) is 25.3 Å². The Labute approximate surface area is 223 Å². The van der Waals surface area contributed by atoms with E-state index in [9.17, 15) is 14.7 Å². The number of ether oxygens (including phenoxy) is 2. The number of phenolic OH excluding ortho intramolecular Hbond substituents is 1. The van der Waals surface area contributed by atoms with Crippen molar-refractivity contribution in [2.24, 2.45) is 0 Å². The first-order chi connectivity index (χ1) is 16.8. The average molecular weight is 572 g/mol. The van der Waals surface area contributed by atoms with Gasteiger partial charge in [-0.2, -0.15) is 0 Å². The van der Waals surface area contributed by atoms with E-state index in [1.807, 2.05) is 29.6 Å². The Bertz CT molecular complexity index is 1310. The Kier molecular flexibility index (Phi) is 8.54. The van der Waals surface area contributed by atoms with Crippen molar-refractivity contribution in [1.82, 2.24) is 10.3 Å². The zero-order chi connectivity index (χ0) is 25.1. The number of nitrogens with one attached hydrogen (secondary N) is 2. The third-order valence-electron chi connectivity index (χ3n) is 5.75. The largest absolute Gasteiger partial charge is 0.508 e. The Balaban J connectivity index is 0.00000361. The number of allylic oxidation sites excluding steroid dienone is 2. The SMILES string of the molecule is Br.COC(=O)C1=C(C)NC(C)=C(C(=O)OC)C1c1ccccc1Nc1nc(-c2ccc(O)cc2)cs1. The molecule has 0 atom stereocenters. The molecule has 0 saturated heterocycles. The number of halogens is 1. The fraction of sp³-hybridized carbons (Fsp3) is 0.192. The Hall–Kier alpha value is -3.63. The highest BCUT2D eigenvalue weighted by Gasteiger charge is 2.38. The quantitative estimate of drug-likeness (QED) is 0.336. The van der Waals surface area contributed by atoms with Crippen molar-refractivity contribution in [2.75, 3.05) is 19.5 Å². The summed E-state index contributed by atoms with van der Waals surface area (Å²) in [5.74, 6) is -1.59. The molecular weight excluding hydrogens is 546 g/mol. The lowest BCUT2D eigenvalue weighted by Crippen LogP contribution is -2.32. The molecule has 0 aliphatic carbocycles. The van der Waals surface area contributed by atoms with E-state index in [0.717, 1.165) is 11.3 Å². The van der Waals surface area contributed by atoms with E-state index in [-0.39, 0.29) is 22.7 Å². The van der Waals surface area contributed by atoms with Crippen LogP contribution in [0, 0.1) is 0 Å². The van der Waals surface area contributed by atoms with Crippen LogP contribution in [0.2, 0.25) is 0 Å². The molecule has 3 aromatic rings. The molecule has 3 N–H and O–H groups in total. The summed E-state index contributed by atoms with van der Waals surface area (Å²) in [5, 5.41) is 18.5. The maximum Gasteiger partial charge on any atom is 0.336 e. The van der Waals surface area contributed by atoms with Crippen LogP contribution in [0.3, 0.4) is 0 Å². The minimum Gasteiger partial charge on any atom is -0.508 e. The standard InChI is InChI=1S/C26H25N3O5S.BrH/c1-14-21(24(31)33-3)23(22(15(2)27-14)25(32)34-4)18-7-5-6-8-19(18)28-26-29-20(13-35-26)16-9-11-17(30)12-10-16;/h5-13,23,27,30H,1-4H3,(H,28,29);1H. The number of hydrogen-bond acceptors (Lipinski definition) is 9. The monoisotopic (exact) mass is 571 g/mol. The molecule has 0 amide bonds. The molecule has 36 heavy (non-hydrogen) atoms. The van der Waals surface area contributed by atoms with Gasteiger partial charge < -0.3 is 25.2 Å². The van der Waals surface area contributed by atoms with Gasteiger partial charge in [0, 0.05) is 28.0 Å². The first-order valence-electron chi connectivity index (χ1n) is 10.8. The molecular formula is C26H26BrN3O5S. The van der Waals surface area contributed by atoms with Gasteiger partial charge in [0.1, 0.15) is 5.75 Å². The maximum atomic E-state index is 12.8. The third kappa shape index (κ3) is 5.29. The van der Waals surface area contributed by atoms with Crippen molar-refractivity contribution in [1.29, 1.82) is 0 Å². The van der Waals surface area contributed by atoms with E-state index in [4.69, 9.17) is 9.47 Å². The molecule has 0 fully saturated rings. The zero-order valence-electron chi connectivity index (χ0n) is 20.1. The van der Waals surface area contributed by atoms with E-state index in [0.29, 0.717) is 38.9 Å². The van der Waals surface area contributed by atoms with Gasteiger partial charge in [-0.1, -0.05) is 18.2 Å². The molecule has 1 aliphatic heterocycles. The van der Waals surface area contributed by atoms with Gasteiger partial charge >= 0.3 is 11.9 Å². The number of anilines is 2. The first-order valence-corrected chi connectivity index (χ1v) is 11.7. The van der Waals surface area contributed by atoms with Gasteiger partial charge in [-0.25, -0.2) is 14.6 Å². The fourth-order valence-corrected chi connectivity index (χ4v) is 4.87. The Morgan fingerprint density at radius 3 is 2.14 bits per heavy atom. The number of benzene rings is 2. The second-order valence-corrected chi connectivity index (χ2v) is 8.77. The summed E-state index contributed by atoms with van der Waals surface area (Å²) in [6.07, 6.45) is 0. The molecule has 1 aliphatic rings. The summed E-state index contributed by atoms with van der Waals surface area (Å²) in [5.41, 5.74) is 4.89. The highest BCUT2D eigenvalue weighted by atomic mass is 79.9. The Morgan fingerprint density at radius 2 is 1.56 bits per heavy atom. The van der Waals surface area contributed by atoms with Crippen molar-refractivity contribution in [2.45, 2.75) is 19.8 Å². The van der Waals surface area contributed by atoms with Gasteiger partial charge in [-0.3, -0.25) is 0 Å². The smallest absolute Gasteiger partial charge is 0.336 e. The van der Waals surface area contributed by atoms with Crippen LogP contribution in [0.5, 0.6) is 5.75 Å². The molecule has 0 saturated carbocycles. The summed E-state index contributed by atoms with van der Waals surface area (Å²) >= 11 is 1.42. The Morgan fingerprint density at radius 1 is 0.972 bits per heavy atom. The molecule has 10 heteroatoms. The minimum atomic E-state index is -0.712. The van der Waals surface area contributed by atoms with Gasteiger partial charge in [0.05, 0.1) is 37.0 Å². The van der Waals surface area contributed by atoms with Gasteiger partial charge in [0.15, 0.2) is 5.13 Å². The lowest BCUT2D eigenvalue weighted by Gasteiger charge is -2.31. The van der Waals surface area contributed by atoms with E-state index < -0.39 is 17.9 Å². The topological polar surface area (TPSA) is 110 Å². The normalized spacial score (nSPS) is 13.6. The number of phenols is 1. The highest BCUT2D eigenvalue weighted by Crippen LogP contribution is 2.42. The number of esters is 2. The van der Waals surface area contributed by atoms with Crippen LogP contribution < -0.4 is 10.6 Å². The summed E-state index contributed by atoms with van der Waals surface area (Å²) in [6, 6.07) is 14.3. The molecule has 1 aromatic heterocycles. The van der Waals surface area contributed by atoms with Crippen molar-refractivity contribution in [3.8, 4) is 17.0 Å². The number of hydrogen-bond donors (Lipinski definition) is 3. The molecule has 0 spiro atoms. The second-order valence-electron chi connectivity index (χ2n) is 7.92. The van der Waals surface area contributed by atoms with Crippen molar-refractivity contribution >= 4 is 51.1 Å². The van der Waals surface area contributed by atoms with Crippen molar-refractivity contribution in [3.63, 3.8) is 0 Å². The molecule has 8 nitrogen and oxygen atoms in total.